The van der Waals surface area contributed by atoms with Crippen LogP contribution in [0.2, 0.25) is 0 Å². The Morgan fingerprint density at radius 2 is 1.88 bits per heavy atom. The number of carbonyl (C=O) groups is 2. The highest BCUT2D eigenvalue weighted by Crippen LogP contribution is 2.20. The second-order valence-corrected chi connectivity index (χ2v) is 4.28. The number of ketones is 1. The van der Waals surface area contributed by atoms with Crippen LogP contribution in [0.25, 0.3) is 0 Å². The van der Waals surface area contributed by atoms with Gasteiger partial charge in [-0.2, -0.15) is 8.75 Å². The molecule has 0 bridgehead atoms. The van der Waals surface area contributed by atoms with Gasteiger partial charge in [-0.3, -0.25) is 4.79 Å². The molecular weight excluding hydrogens is 244 g/mol. The van der Waals surface area contributed by atoms with Crippen LogP contribution in [0.3, 0.4) is 0 Å². The Morgan fingerprint density at radius 3 is 2.41 bits per heavy atom. The van der Waals surface area contributed by atoms with Crippen molar-refractivity contribution in [3.8, 4) is 0 Å². The molecule has 1 aromatic heterocycles. The van der Waals surface area contributed by atoms with E-state index in [1.165, 1.54) is 11.8 Å². The third-order valence-electron chi connectivity index (χ3n) is 2.65. The van der Waals surface area contributed by atoms with Crippen molar-refractivity contribution < 1.29 is 14.7 Å². The standard InChI is InChI=1S/C9H12N4O3S/c1-6(14)7-8(11-17-10-7)12-2-4-13(5-3-12)9(15)16/h2-5H2,1H3,(H,15,16). The molecule has 1 saturated heterocycles. The molecule has 0 spiro atoms. The molecular formula is C9H12N4O3S. The predicted octanol–water partition coefficient (Wildman–Crippen LogP) is 0.541. The van der Waals surface area contributed by atoms with Crippen LogP contribution in [0.15, 0.2) is 0 Å². The highest BCUT2D eigenvalue weighted by atomic mass is 32.1. The lowest BCUT2D eigenvalue weighted by atomic mass is 10.2. The molecule has 2 rings (SSSR count). The fourth-order valence-electron chi connectivity index (χ4n) is 1.72. The maximum atomic E-state index is 11.3. The van der Waals surface area contributed by atoms with Crippen molar-refractivity contribution in [2.24, 2.45) is 0 Å². The van der Waals surface area contributed by atoms with Gasteiger partial charge < -0.3 is 14.9 Å². The Morgan fingerprint density at radius 1 is 1.24 bits per heavy atom. The van der Waals surface area contributed by atoms with Gasteiger partial charge in [0.1, 0.15) is 0 Å². The lowest BCUT2D eigenvalue weighted by molar-refractivity contribution is 0.101. The molecule has 17 heavy (non-hydrogen) atoms. The number of hydrogen-bond donors (Lipinski definition) is 1. The Hall–Kier alpha value is -1.70. The number of nitrogens with zero attached hydrogens (tertiary/aromatic N) is 4. The Balaban J connectivity index is 2.08. The average Bonchev–Trinajstić information content (AvgIpc) is 2.78. The fraction of sp³-hybridized carbons (Fsp3) is 0.556. The summed E-state index contributed by atoms with van der Waals surface area (Å²) in [4.78, 5) is 25.3. The summed E-state index contributed by atoms with van der Waals surface area (Å²) >= 11 is 1.00. The maximum Gasteiger partial charge on any atom is 0.407 e. The van der Waals surface area contributed by atoms with E-state index in [2.05, 4.69) is 8.75 Å². The number of anilines is 1. The second kappa shape index (κ2) is 4.66. The first-order valence-electron chi connectivity index (χ1n) is 5.16. The van der Waals surface area contributed by atoms with E-state index >= 15 is 0 Å². The summed E-state index contributed by atoms with van der Waals surface area (Å²) in [5, 5.41) is 8.83. The molecule has 1 aliphatic heterocycles. The number of amides is 1. The Bertz CT molecular complexity index is 439. The van der Waals surface area contributed by atoms with Crippen molar-refractivity contribution in [3.63, 3.8) is 0 Å². The maximum absolute atomic E-state index is 11.3. The van der Waals surface area contributed by atoms with E-state index in [9.17, 15) is 9.59 Å². The van der Waals surface area contributed by atoms with Gasteiger partial charge in [0, 0.05) is 33.1 Å². The second-order valence-electron chi connectivity index (χ2n) is 3.75. The van der Waals surface area contributed by atoms with Gasteiger partial charge in [-0.15, -0.1) is 0 Å². The van der Waals surface area contributed by atoms with Gasteiger partial charge in [0.15, 0.2) is 17.3 Å². The van der Waals surface area contributed by atoms with Crippen molar-refractivity contribution >= 4 is 29.4 Å². The number of rotatable bonds is 2. The number of carboxylic acid groups (broad SMARTS) is 1. The average molecular weight is 256 g/mol. The molecule has 92 valence electrons. The summed E-state index contributed by atoms with van der Waals surface area (Å²) in [6.07, 6.45) is -0.909. The summed E-state index contributed by atoms with van der Waals surface area (Å²) in [5.74, 6) is 0.460. The van der Waals surface area contributed by atoms with Crippen LogP contribution < -0.4 is 4.90 Å². The van der Waals surface area contributed by atoms with Crippen LogP contribution in [0.4, 0.5) is 10.6 Å². The quantitative estimate of drug-likeness (QED) is 0.777. The van der Waals surface area contributed by atoms with Gasteiger partial charge in [-0.05, 0) is 0 Å². The zero-order valence-corrected chi connectivity index (χ0v) is 10.1. The molecule has 0 saturated carbocycles. The van der Waals surface area contributed by atoms with Crippen LogP contribution >= 0.6 is 11.7 Å². The molecule has 7 nitrogen and oxygen atoms in total. The molecule has 0 atom stereocenters. The first kappa shape index (κ1) is 11.8. The van der Waals surface area contributed by atoms with E-state index in [-0.39, 0.29) is 5.78 Å². The smallest absolute Gasteiger partial charge is 0.407 e. The Kier molecular flexibility index (Phi) is 3.23. The van der Waals surface area contributed by atoms with E-state index in [0.717, 1.165) is 11.7 Å². The first-order chi connectivity index (χ1) is 8.09. The Labute approximate surface area is 102 Å². The van der Waals surface area contributed by atoms with Gasteiger partial charge in [-0.1, -0.05) is 0 Å². The minimum absolute atomic E-state index is 0.116. The van der Waals surface area contributed by atoms with E-state index in [4.69, 9.17) is 5.11 Å². The molecule has 1 N–H and O–H groups in total. The summed E-state index contributed by atoms with van der Waals surface area (Å²) in [6, 6.07) is 0. The number of hydrogen-bond acceptors (Lipinski definition) is 6. The summed E-state index contributed by atoms with van der Waals surface area (Å²) in [5.41, 5.74) is 0.374. The van der Waals surface area contributed by atoms with Crippen molar-refractivity contribution in [2.75, 3.05) is 31.1 Å². The van der Waals surface area contributed by atoms with Crippen LogP contribution in [-0.4, -0.2) is 56.8 Å². The van der Waals surface area contributed by atoms with Gasteiger partial charge in [0.25, 0.3) is 0 Å². The molecule has 2 heterocycles. The third-order valence-corrected chi connectivity index (χ3v) is 3.17. The zero-order valence-electron chi connectivity index (χ0n) is 9.29. The summed E-state index contributed by atoms with van der Waals surface area (Å²) < 4.78 is 8.06. The molecule has 1 aliphatic rings. The largest absolute Gasteiger partial charge is 0.465 e. The lowest BCUT2D eigenvalue weighted by Crippen LogP contribution is -2.48. The monoisotopic (exact) mass is 256 g/mol. The molecule has 8 heteroatoms. The van der Waals surface area contributed by atoms with Crippen molar-refractivity contribution in [2.45, 2.75) is 6.92 Å². The highest BCUT2D eigenvalue weighted by molar-refractivity contribution is 6.99. The first-order valence-corrected chi connectivity index (χ1v) is 5.89. The molecule has 1 fully saturated rings. The summed E-state index contributed by atoms with van der Waals surface area (Å²) in [7, 11) is 0. The minimum Gasteiger partial charge on any atom is -0.465 e. The molecule has 0 aliphatic carbocycles. The number of piperazine rings is 1. The number of aromatic nitrogens is 2. The van der Waals surface area contributed by atoms with Crippen LogP contribution in [-0.2, 0) is 0 Å². The normalized spacial score (nSPS) is 16.1. The van der Waals surface area contributed by atoms with Crippen LogP contribution in [0.5, 0.6) is 0 Å². The molecule has 1 amide bonds. The van der Waals surface area contributed by atoms with E-state index in [1.54, 1.807) is 0 Å². The topological polar surface area (TPSA) is 86.6 Å². The predicted molar refractivity (Wildman–Crippen MR) is 61.7 cm³/mol. The lowest BCUT2D eigenvalue weighted by Gasteiger charge is -2.33. The van der Waals surface area contributed by atoms with E-state index in [0.29, 0.717) is 37.7 Å². The van der Waals surface area contributed by atoms with E-state index in [1.807, 2.05) is 4.90 Å². The van der Waals surface area contributed by atoms with E-state index < -0.39 is 6.09 Å². The molecule has 1 aromatic rings. The third kappa shape index (κ3) is 2.36. The van der Waals surface area contributed by atoms with Crippen molar-refractivity contribution in [1.82, 2.24) is 13.6 Å². The number of carbonyl (C=O) groups excluding carboxylic acids is 1. The minimum atomic E-state index is -0.909. The number of Topliss-reactive ketones (excluding diaryl/α,β-unsaturated/α-hetero) is 1. The SMILES string of the molecule is CC(=O)c1nsnc1N1CCN(C(=O)O)CC1. The fourth-order valence-corrected chi connectivity index (χ4v) is 2.33. The van der Waals surface area contributed by atoms with Gasteiger partial charge in [0.2, 0.25) is 0 Å². The van der Waals surface area contributed by atoms with Crippen molar-refractivity contribution in [1.29, 1.82) is 0 Å². The molecule has 0 aromatic carbocycles. The molecule has 0 radical (unpaired) electrons. The zero-order chi connectivity index (χ0) is 12.4. The van der Waals surface area contributed by atoms with Gasteiger partial charge in [-0.25, -0.2) is 4.79 Å². The van der Waals surface area contributed by atoms with Crippen LogP contribution in [0.1, 0.15) is 17.4 Å². The van der Waals surface area contributed by atoms with Crippen molar-refractivity contribution in [3.05, 3.63) is 5.69 Å². The highest BCUT2D eigenvalue weighted by Gasteiger charge is 2.25. The summed E-state index contributed by atoms with van der Waals surface area (Å²) in [6.45, 7) is 3.37. The molecule has 0 unspecified atom stereocenters. The van der Waals surface area contributed by atoms with Gasteiger partial charge in [0.05, 0.1) is 11.7 Å². The van der Waals surface area contributed by atoms with Crippen LogP contribution in [0, 0.1) is 0 Å². The van der Waals surface area contributed by atoms with Gasteiger partial charge >= 0.3 is 6.09 Å².